The Hall–Kier alpha value is -2.85. The van der Waals surface area contributed by atoms with Crippen molar-refractivity contribution >= 4 is 27.5 Å². The van der Waals surface area contributed by atoms with Crippen LogP contribution in [0.1, 0.15) is 17.9 Å². The minimum atomic E-state index is -4.23. The summed E-state index contributed by atoms with van der Waals surface area (Å²) in [5.41, 5.74) is 1.31. The molecule has 1 N–H and O–H groups in total. The van der Waals surface area contributed by atoms with Gasteiger partial charge in [-0.1, -0.05) is 18.2 Å². The Kier molecular flexibility index (Phi) is 5.29. The highest BCUT2D eigenvalue weighted by molar-refractivity contribution is 7.89. The Morgan fingerprint density at radius 2 is 1.73 bits per heavy atom. The van der Waals surface area contributed by atoms with Gasteiger partial charge in [0.15, 0.2) is 0 Å². The number of amides is 2. The fourth-order valence-electron chi connectivity index (χ4n) is 3.81. The molecule has 2 aromatic rings. The van der Waals surface area contributed by atoms with Crippen LogP contribution in [0.5, 0.6) is 0 Å². The molecule has 0 aromatic heterocycles. The number of para-hydroxylation sites is 1. The standard InChI is InChI=1S/C20H19F2N3O4S/c21-13-5-6-16(22)18(11-13)30(28,29)25-9-7-24(8-10-25)20(27)15-12-19(26)23-17-4-2-1-3-14(15)17/h1-6,11,15H,7-10,12H2,(H,23,26)/t15-/m0/s1. The summed E-state index contributed by atoms with van der Waals surface area (Å²) in [7, 11) is -4.23. The van der Waals surface area contributed by atoms with Gasteiger partial charge in [-0.15, -0.1) is 0 Å². The number of hydrogen-bond acceptors (Lipinski definition) is 4. The topological polar surface area (TPSA) is 86.8 Å². The lowest BCUT2D eigenvalue weighted by atomic mass is 9.89. The molecule has 2 aliphatic heterocycles. The number of rotatable bonds is 3. The summed E-state index contributed by atoms with van der Waals surface area (Å²) in [6.07, 6.45) is 0.0167. The number of nitrogens with zero attached hydrogens (tertiary/aromatic N) is 2. The van der Waals surface area contributed by atoms with Gasteiger partial charge in [0.25, 0.3) is 0 Å². The second-order valence-electron chi connectivity index (χ2n) is 7.20. The lowest BCUT2D eigenvalue weighted by Gasteiger charge is -2.36. The van der Waals surface area contributed by atoms with Crippen LogP contribution < -0.4 is 5.32 Å². The highest BCUT2D eigenvalue weighted by atomic mass is 32.2. The van der Waals surface area contributed by atoms with E-state index >= 15 is 0 Å². The smallest absolute Gasteiger partial charge is 0.246 e. The zero-order chi connectivity index (χ0) is 21.5. The third-order valence-corrected chi connectivity index (χ3v) is 7.27. The van der Waals surface area contributed by atoms with Gasteiger partial charge in [-0.2, -0.15) is 4.31 Å². The van der Waals surface area contributed by atoms with Gasteiger partial charge in [0.2, 0.25) is 21.8 Å². The SMILES string of the molecule is O=C1C[C@H](C(=O)N2CCN(S(=O)(=O)c3cc(F)ccc3F)CC2)c2ccccc2N1. The van der Waals surface area contributed by atoms with Crippen LogP contribution in [0.15, 0.2) is 47.4 Å². The molecule has 30 heavy (non-hydrogen) atoms. The lowest BCUT2D eigenvalue weighted by Crippen LogP contribution is -2.52. The first-order chi connectivity index (χ1) is 14.3. The van der Waals surface area contributed by atoms with Crippen LogP contribution in [0.3, 0.4) is 0 Å². The number of benzene rings is 2. The van der Waals surface area contributed by atoms with Gasteiger partial charge in [-0.3, -0.25) is 9.59 Å². The van der Waals surface area contributed by atoms with Gasteiger partial charge in [-0.25, -0.2) is 17.2 Å². The maximum atomic E-state index is 14.0. The fraction of sp³-hybridized carbons (Fsp3) is 0.300. The van der Waals surface area contributed by atoms with Crippen molar-refractivity contribution in [1.29, 1.82) is 0 Å². The van der Waals surface area contributed by atoms with Crippen molar-refractivity contribution in [3.8, 4) is 0 Å². The summed E-state index contributed by atoms with van der Waals surface area (Å²) >= 11 is 0. The summed E-state index contributed by atoms with van der Waals surface area (Å²) in [4.78, 5) is 25.8. The van der Waals surface area contributed by atoms with Gasteiger partial charge >= 0.3 is 0 Å². The summed E-state index contributed by atoms with van der Waals surface area (Å²) < 4.78 is 53.9. The minimum Gasteiger partial charge on any atom is -0.340 e. The summed E-state index contributed by atoms with van der Waals surface area (Å²) in [6, 6.07) is 9.34. The van der Waals surface area contributed by atoms with Crippen LogP contribution in [-0.2, 0) is 19.6 Å². The molecule has 2 amide bonds. The normalized spacial score (nSPS) is 19.9. The first kappa shape index (κ1) is 20.4. The van der Waals surface area contributed by atoms with E-state index in [0.29, 0.717) is 11.8 Å². The number of carbonyl (C=O) groups is 2. The largest absolute Gasteiger partial charge is 0.340 e. The van der Waals surface area contributed by atoms with E-state index in [0.717, 1.165) is 22.0 Å². The number of anilines is 1. The Labute approximate surface area is 172 Å². The third-order valence-electron chi connectivity index (χ3n) is 5.36. The molecule has 1 fully saturated rings. The van der Waals surface area contributed by atoms with Crippen LogP contribution in [-0.4, -0.2) is 55.6 Å². The van der Waals surface area contributed by atoms with Gasteiger partial charge in [0.1, 0.15) is 16.5 Å². The zero-order valence-corrected chi connectivity index (χ0v) is 16.7. The molecule has 10 heteroatoms. The summed E-state index contributed by atoms with van der Waals surface area (Å²) in [5.74, 6) is -3.03. The number of hydrogen-bond donors (Lipinski definition) is 1. The highest BCUT2D eigenvalue weighted by Gasteiger charge is 2.37. The van der Waals surface area contributed by atoms with Crippen molar-refractivity contribution in [1.82, 2.24) is 9.21 Å². The molecule has 2 heterocycles. The first-order valence-electron chi connectivity index (χ1n) is 9.40. The van der Waals surface area contributed by atoms with Crippen molar-refractivity contribution < 1.29 is 26.8 Å². The van der Waals surface area contributed by atoms with Gasteiger partial charge in [0.05, 0.1) is 5.92 Å². The molecule has 0 spiro atoms. The molecule has 0 bridgehead atoms. The van der Waals surface area contributed by atoms with E-state index < -0.39 is 32.5 Å². The molecule has 1 saturated heterocycles. The van der Waals surface area contributed by atoms with Crippen LogP contribution in [0, 0.1) is 11.6 Å². The zero-order valence-electron chi connectivity index (χ0n) is 15.8. The predicted molar refractivity (Wildman–Crippen MR) is 104 cm³/mol. The molecule has 2 aromatic carbocycles. The molecule has 2 aliphatic rings. The van der Waals surface area contributed by atoms with Crippen LogP contribution in [0.2, 0.25) is 0 Å². The van der Waals surface area contributed by atoms with Crippen molar-refractivity contribution in [2.24, 2.45) is 0 Å². The number of fused-ring (bicyclic) bond motifs is 1. The number of nitrogens with one attached hydrogen (secondary N) is 1. The van der Waals surface area contributed by atoms with Crippen LogP contribution in [0.25, 0.3) is 0 Å². The Bertz CT molecular complexity index is 1110. The summed E-state index contributed by atoms with van der Waals surface area (Å²) in [5, 5.41) is 2.74. The molecule has 7 nitrogen and oxygen atoms in total. The molecule has 0 radical (unpaired) electrons. The predicted octanol–water partition coefficient (Wildman–Crippen LogP) is 1.92. The van der Waals surface area contributed by atoms with E-state index in [1.807, 2.05) is 0 Å². The van der Waals surface area contributed by atoms with E-state index in [-0.39, 0.29) is 44.4 Å². The van der Waals surface area contributed by atoms with Gasteiger partial charge in [-0.05, 0) is 29.8 Å². The average molecular weight is 435 g/mol. The van der Waals surface area contributed by atoms with E-state index in [1.165, 1.54) is 4.90 Å². The Morgan fingerprint density at radius 3 is 2.47 bits per heavy atom. The van der Waals surface area contributed by atoms with E-state index in [4.69, 9.17) is 0 Å². The maximum Gasteiger partial charge on any atom is 0.246 e. The molecule has 158 valence electrons. The Balaban J connectivity index is 1.49. The molecule has 4 rings (SSSR count). The number of halogens is 2. The second kappa shape index (κ2) is 7.77. The van der Waals surface area contributed by atoms with Crippen molar-refractivity contribution in [2.75, 3.05) is 31.5 Å². The fourth-order valence-corrected chi connectivity index (χ4v) is 5.31. The molecular weight excluding hydrogens is 416 g/mol. The molecule has 1 atom stereocenters. The van der Waals surface area contributed by atoms with Crippen molar-refractivity contribution in [2.45, 2.75) is 17.2 Å². The van der Waals surface area contributed by atoms with E-state index in [1.54, 1.807) is 24.3 Å². The molecule has 0 saturated carbocycles. The average Bonchev–Trinajstić information content (AvgIpc) is 2.74. The van der Waals surface area contributed by atoms with Crippen LogP contribution >= 0.6 is 0 Å². The first-order valence-corrected chi connectivity index (χ1v) is 10.8. The number of carbonyl (C=O) groups excluding carboxylic acids is 2. The quantitative estimate of drug-likeness (QED) is 0.798. The maximum absolute atomic E-state index is 14.0. The van der Waals surface area contributed by atoms with Crippen molar-refractivity contribution in [3.05, 3.63) is 59.7 Å². The van der Waals surface area contributed by atoms with Gasteiger partial charge in [0, 0.05) is 38.3 Å². The van der Waals surface area contributed by atoms with Crippen LogP contribution in [0.4, 0.5) is 14.5 Å². The minimum absolute atomic E-state index is 0.0167. The summed E-state index contributed by atoms with van der Waals surface area (Å²) in [6.45, 7) is 0.0831. The highest BCUT2D eigenvalue weighted by Crippen LogP contribution is 2.33. The van der Waals surface area contributed by atoms with E-state index in [9.17, 15) is 26.8 Å². The second-order valence-corrected chi connectivity index (χ2v) is 9.10. The van der Waals surface area contributed by atoms with Gasteiger partial charge < -0.3 is 10.2 Å². The van der Waals surface area contributed by atoms with E-state index in [2.05, 4.69) is 5.32 Å². The lowest BCUT2D eigenvalue weighted by molar-refractivity contribution is -0.136. The Morgan fingerprint density at radius 1 is 1.03 bits per heavy atom. The monoisotopic (exact) mass is 435 g/mol. The van der Waals surface area contributed by atoms with Crippen molar-refractivity contribution in [3.63, 3.8) is 0 Å². The molecule has 0 aliphatic carbocycles. The molecule has 0 unspecified atom stereocenters. The number of sulfonamides is 1. The number of piperazine rings is 1. The third kappa shape index (κ3) is 3.68. The molecular formula is C20H19F2N3O4S.